The van der Waals surface area contributed by atoms with Crippen molar-refractivity contribution in [3.8, 4) is 0 Å². The van der Waals surface area contributed by atoms with E-state index in [0.29, 0.717) is 11.7 Å². The maximum Gasteiger partial charge on any atom is 0.238 e. The Morgan fingerprint density at radius 2 is 1.94 bits per heavy atom. The van der Waals surface area contributed by atoms with E-state index in [2.05, 4.69) is 10.6 Å². The summed E-state index contributed by atoms with van der Waals surface area (Å²) in [5, 5.41) is 5.45. The summed E-state index contributed by atoms with van der Waals surface area (Å²) < 4.78 is 13.1. The van der Waals surface area contributed by atoms with Crippen molar-refractivity contribution in [1.29, 1.82) is 0 Å². The number of carbonyl (C=O) groups excluding carboxylic acids is 1. The van der Waals surface area contributed by atoms with E-state index in [1.165, 1.54) is 12.1 Å². The minimum absolute atomic E-state index is 0.108. The van der Waals surface area contributed by atoms with Gasteiger partial charge >= 0.3 is 0 Å². The maximum atomic E-state index is 13.1. The third-order valence-corrected chi connectivity index (χ3v) is 2.95. The van der Waals surface area contributed by atoms with Crippen LogP contribution in [0.15, 0.2) is 12.1 Å². The summed E-state index contributed by atoms with van der Waals surface area (Å²) in [6.07, 6.45) is 2.23. The molecule has 6 heteroatoms. The Kier molecular flexibility index (Phi) is 3.86. The Labute approximate surface area is 108 Å². The van der Waals surface area contributed by atoms with Crippen LogP contribution in [0.3, 0.4) is 0 Å². The zero-order valence-electron chi connectivity index (χ0n) is 8.90. The molecular weight excluding hydrogens is 266 g/mol. The van der Waals surface area contributed by atoms with Crippen molar-refractivity contribution in [3.05, 3.63) is 28.0 Å². The van der Waals surface area contributed by atoms with Gasteiger partial charge in [-0.3, -0.25) is 4.79 Å². The Morgan fingerprint density at radius 1 is 1.35 bits per heavy atom. The fraction of sp³-hybridized carbons (Fsp3) is 0.364. The molecule has 0 spiro atoms. The van der Waals surface area contributed by atoms with Crippen molar-refractivity contribution >= 4 is 34.8 Å². The summed E-state index contributed by atoms with van der Waals surface area (Å²) in [5.41, 5.74) is 0.393. The van der Waals surface area contributed by atoms with E-state index in [0.717, 1.165) is 12.8 Å². The van der Waals surface area contributed by atoms with Crippen molar-refractivity contribution in [2.75, 3.05) is 11.9 Å². The molecule has 0 atom stereocenters. The molecule has 1 aliphatic rings. The molecule has 2 N–H and O–H groups in total. The highest BCUT2D eigenvalue weighted by Crippen LogP contribution is 2.27. The van der Waals surface area contributed by atoms with Gasteiger partial charge in [0.2, 0.25) is 5.91 Å². The van der Waals surface area contributed by atoms with Gasteiger partial charge in [-0.2, -0.15) is 0 Å². The van der Waals surface area contributed by atoms with Crippen LogP contribution in [0.4, 0.5) is 10.1 Å². The topological polar surface area (TPSA) is 41.1 Å². The highest BCUT2D eigenvalue weighted by atomic mass is 35.5. The van der Waals surface area contributed by atoms with Gasteiger partial charge in [0, 0.05) is 11.7 Å². The lowest BCUT2D eigenvalue weighted by atomic mass is 10.3. The molecule has 3 nitrogen and oxygen atoms in total. The molecule has 0 radical (unpaired) electrons. The Morgan fingerprint density at radius 3 is 2.47 bits per heavy atom. The van der Waals surface area contributed by atoms with E-state index in [-0.39, 0.29) is 22.5 Å². The predicted molar refractivity (Wildman–Crippen MR) is 66.1 cm³/mol. The quantitative estimate of drug-likeness (QED) is 0.831. The number of hydrogen-bond donors (Lipinski definition) is 2. The molecule has 1 aromatic rings. The lowest BCUT2D eigenvalue weighted by Gasteiger charge is -2.07. The molecule has 0 saturated heterocycles. The molecule has 0 aromatic heterocycles. The third-order valence-electron chi connectivity index (χ3n) is 2.40. The summed E-state index contributed by atoms with van der Waals surface area (Å²) in [6, 6.07) is 3.12. The van der Waals surface area contributed by atoms with Crippen LogP contribution < -0.4 is 10.6 Å². The minimum atomic E-state index is -0.678. The second-order valence-electron chi connectivity index (χ2n) is 3.96. The molecule has 0 bridgehead atoms. The summed E-state index contributed by atoms with van der Waals surface area (Å²) in [6.45, 7) is 0.233. The second kappa shape index (κ2) is 5.21. The monoisotopic (exact) mass is 276 g/mol. The highest BCUT2D eigenvalue weighted by molar-refractivity contribution is 6.35. The molecule has 92 valence electrons. The van der Waals surface area contributed by atoms with Crippen LogP contribution in [0.25, 0.3) is 0 Å². The van der Waals surface area contributed by atoms with Crippen molar-refractivity contribution in [1.82, 2.24) is 5.32 Å². The number of anilines is 1. The first-order valence-electron chi connectivity index (χ1n) is 5.24. The summed E-state index contributed by atoms with van der Waals surface area (Å²) in [7, 11) is 0. The molecule has 1 saturated carbocycles. The summed E-state index contributed by atoms with van der Waals surface area (Å²) in [5.74, 6) is -0.877. The van der Waals surface area contributed by atoms with E-state index in [9.17, 15) is 9.18 Å². The molecule has 1 aliphatic carbocycles. The molecular formula is C11H11Cl2FN2O. The molecule has 2 rings (SSSR count). The fourth-order valence-electron chi connectivity index (χ4n) is 1.36. The van der Waals surface area contributed by atoms with Crippen LogP contribution in [0.5, 0.6) is 0 Å². The van der Waals surface area contributed by atoms with Crippen LogP contribution in [-0.2, 0) is 4.79 Å². The van der Waals surface area contributed by atoms with E-state index in [1.807, 2.05) is 0 Å². The van der Waals surface area contributed by atoms with Crippen LogP contribution in [0.2, 0.25) is 10.0 Å². The second-order valence-corrected chi connectivity index (χ2v) is 4.77. The third kappa shape index (κ3) is 3.56. The number of rotatable bonds is 4. The van der Waals surface area contributed by atoms with Gasteiger partial charge < -0.3 is 10.6 Å². The lowest BCUT2D eigenvalue weighted by molar-refractivity contribution is -0.115. The fourth-order valence-corrected chi connectivity index (χ4v) is 1.84. The van der Waals surface area contributed by atoms with Gasteiger partial charge in [0.05, 0.1) is 16.6 Å². The number of amides is 1. The summed E-state index contributed by atoms with van der Waals surface area (Å²) >= 11 is 11.2. The maximum absolute atomic E-state index is 13.1. The van der Waals surface area contributed by atoms with Crippen LogP contribution >= 0.6 is 23.2 Å². The van der Waals surface area contributed by atoms with Crippen molar-refractivity contribution in [2.24, 2.45) is 0 Å². The average molecular weight is 277 g/mol. The SMILES string of the molecule is O=C(CNC1CC1)Nc1cc(Cl)c(F)c(Cl)c1. The van der Waals surface area contributed by atoms with Gasteiger partial charge in [0.25, 0.3) is 0 Å². The van der Waals surface area contributed by atoms with Gasteiger partial charge in [-0.25, -0.2) is 4.39 Å². The molecule has 1 aromatic carbocycles. The first-order chi connectivity index (χ1) is 8.06. The van der Waals surface area contributed by atoms with Crippen LogP contribution in [-0.4, -0.2) is 18.5 Å². The predicted octanol–water partition coefficient (Wildman–Crippen LogP) is 2.82. The Balaban J connectivity index is 1.95. The standard InChI is InChI=1S/C11H11Cl2FN2O/c12-8-3-7(4-9(13)11(8)14)16-10(17)5-15-6-1-2-6/h3-4,6,15H,1-2,5H2,(H,16,17). The van der Waals surface area contributed by atoms with Crippen LogP contribution in [0, 0.1) is 5.82 Å². The van der Waals surface area contributed by atoms with E-state index in [1.54, 1.807) is 0 Å². The van der Waals surface area contributed by atoms with Crippen LogP contribution in [0.1, 0.15) is 12.8 Å². The zero-order valence-corrected chi connectivity index (χ0v) is 10.4. The number of carbonyl (C=O) groups is 1. The lowest BCUT2D eigenvalue weighted by Crippen LogP contribution is -2.29. The zero-order chi connectivity index (χ0) is 12.4. The average Bonchev–Trinajstić information content (AvgIpc) is 3.07. The van der Waals surface area contributed by atoms with E-state index >= 15 is 0 Å². The van der Waals surface area contributed by atoms with Gasteiger partial charge in [0.1, 0.15) is 0 Å². The highest BCUT2D eigenvalue weighted by Gasteiger charge is 2.21. The Bertz CT molecular complexity index is 426. The van der Waals surface area contributed by atoms with E-state index in [4.69, 9.17) is 23.2 Å². The van der Waals surface area contributed by atoms with Gasteiger partial charge in [-0.15, -0.1) is 0 Å². The smallest absolute Gasteiger partial charge is 0.238 e. The van der Waals surface area contributed by atoms with Gasteiger partial charge in [-0.05, 0) is 25.0 Å². The molecule has 1 amide bonds. The Hall–Kier alpha value is -0.840. The number of nitrogens with one attached hydrogen (secondary N) is 2. The number of hydrogen-bond acceptors (Lipinski definition) is 2. The first-order valence-corrected chi connectivity index (χ1v) is 5.99. The molecule has 17 heavy (non-hydrogen) atoms. The van der Waals surface area contributed by atoms with Crippen molar-refractivity contribution in [2.45, 2.75) is 18.9 Å². The number of benzene rings is 1. The van der Waals surface area contributed by atoms with Gasteiger partial charge in [-0.1, -0.05) is 23.2 Å². The molecule has 0 heterocycles. The van der Waals surface area contributed by atoms with Crippen molar-refractivity contribution in [3.63, 3.8) is 0 Å². The normalized spacial score (nSPS) is 14.8. The molecule has 0 aliphatic heterocycles. The summed E-state index contributed by atoms with van der Waals surface area (Å²) in [4.78, 5) is 11.5. The molecule has 1 fully saturated rings. The largest absolute Gasteiger partial charge is 0.325 e. The van der Waals surface area contributed by atoms with E-state index < -0.39 is 5.82 Å². The number of halogens is 3. The van der Waals surface area contributed by atoms with Gasteiger partial charge in [0.15, 0.2) is 5.82 Å². The minimum Gasteiger partial charge on any atom is -0.325 e. The van der Waals surface area contributed by atoms with Crippen molar-refractivity contribution < 1.29 is 9.18 Å². The first kappa shape index (κ1) is 12.6. The molecule has 0 unspecified atom stereocenters.